The SMILES string of the molecule is CC(CCl)CC1CCC2(CCCC2)O1. The van der Waals surface area contributed by atoms with Gasteiger partial charge in [0.25, 0.3) is 0 Å². The number of halogens is 1. The second kappa shape index (κ2) is 4.40. The van der Waals surface area contributed by atoms with Gasteiger partial charge in [-0.1, -0.05) is 19.8 Å². The van der Waals surface area contributed by atoms with Crippen LogP contribution in [0.5, 0.6) is 0 Å². The van der Waals surface area contributed by atoms with Crippen LogP contribution in [0.4, 0.5) is 0 Å². The molecule has 2 fully saturated rings. The molecule has 0 aromatic carbocycles. The van der Waals surface area contributed by atoms with Crippen LogP contribution in [0.3, 0.4) is 0 Å². The maximum atomic E-state index is 6.22. The lowest BCUT2D eigenvalue weighted by Crippen LogP contribution is -2.25. The first-order valence-corrected chi connectivity index (χ1v) is 6.51. The summed E-state index contributed by atoms with van der Waals surface area (Å²) in [6.07, 6.45) is 9.58. The van der Waals surface area contributed by atoms with Crippen molar-refractivity contribution >= 4 is 11.6 Å². The Labute approximate surface area is 92.2 Å². The maximum absolute atomic E-state index is 6.22. The summed E-state index contributed by atoms with van der Waals surface area (Å²) in [4.78, 5) is 0. The van der Waals surface area contributed by atoms with Crippen molar-refractivity contribution in [2.24, 2.45) is 5.92 Å². The van der Waals surface area contributed by atoms with Crippen LogP contribution >= 0.6 is 11.6 Å². The lowest BCUT2D eigenvalue weighted by atomic mass is 9.97. The molecule has 14 heavy (non-hydrogen) atoms. The molecule has 0 bridgehead atoms. The first kappa shape index (κ1) is 10.8. The zero-order valence-corrected chi connectivity index (χ0v) is 9.85. The second-order valence-electron chi connectivity index (χ2n) is 5.16. The third kappa shape index (κ3) is 2.25. The van der Waals surface area contributed by atoms with Crippen LogP contribution < -0.4 is 0 Å². The minimum atomic E-state index is 0.302. The van der Waals surface area contributed by atoms with E-state index in [1.165, 1.54) is 38.5 Å². The van der Waals surface area contributed by atoms with E-state index in [9.17, 15) is 0 Å². The summed E-state index contributed by atoms with van der Waals surface area (Å²) >= 11 is 5.83. The van der Waals surface area contributed by atoms with Crippen molar-refractivity contribution in [3.8, 4) is 0 Å². The molecule has 2 heteroatoms. The topological polar surface area (TPSA) is 9.23 Å². The highest BCUT2D eigenvalue weighted by molar-refractivity contribution is 6.18. The predicted molar refractivity (Wildman–Crippen MR) is 59.8 cm³/mol. The summed E-state index contributed by atoms with van der Waals surface area (Å²) in [7, 11) is 0. The van der Waals surface area contributed by atoms with Crippen molar-refractivity contribution in [2.45, 2.75) is 63.6 Å². The molecule has 0 aromatic heterocycles. The molecule has 2 aliphatic rings. The Morgan fingerprint density at radius 2 is 2.07 bits per heavy atom. The molecule has 0 amide bonds. The first-order valence-electron chi connectivity index (χ1n) is 5.98. The molecule has 2 rings (SSSR count). The van der Waals surface area contributed by atoms with E-state index < -0.39 is 0 Å². The zero-order chi connectivity index (χ0) is 10.0. The van der Waals surface area contributed by atoms with Crippen LogP contribution in [-0.2, 0) is 4.74 Å². The largest absolute Gasteiger partial charge is 0.372 e. The molecule has 1 saturated carbocycles. The lowest BCUT2D eigenvalue weighted by molar-refractivity contribution is -0.0425. The zero-order valence-electron chi connectivity index (χ0n) is 9.10. The molecule has 1 saturated heterocycles. The Morgan fingerprint density at radius 1 is 1.36 bits per heavy atom. The number of hydrogen-bond donors (Lipinski definition) is 0. The third-order valence-corrected chi connectivity index (χ3v) is 4.31. The van der Waals surface area contributed by atoms with Gasteiger partial charge >= 0.3 is 0 Å². The highest BCUT2D eigenvalue weighted by atomic mass is 35.5. The van der Waals surface area contributed by atoms with Gasteiger partial charge in [0.1, 0.15) is 0 Å². The molecule has 0 radical (unpaired) electrons. The lowest BCUT2D eigenvalue weighted by Gasteiger charge is -2.24. The normalized spacial score (nSPS) is 32.6. The number of rotatable bonds is 3. The summed E-state index contributed by atoms with van der Waals surface area (Å²) in [6.45, 7) is 2.22. The molecule has 0 N–H and O–H groups in total. The van der Waals surface area contributed by atoms with Crippen molar-refractivity contribution < 1.29 is 4.74 Å². The molecule has 1 nitrogen and oxygen atoms in total. The summed E-state index contributed by atoms with van der Waals surface area (Å²) < 4.78 is 6.22. The van der Waals surface area contributed by atoms with Crippen LogP contribution in [0, 0.1) is 5.92 Å². The van der Waals surface area contributed by atoms with Gasteiger partial charge in [0.15, 0.2) is 0 Å². The second-order valence-corrected chi connectivity index (χ2v) is 5.47. The van der Waals surface area contributed by atoms with E-state index in [0.717, 1.165) is 12.3 Å². The van der Waals surface area contributed by atoms with Crippen molar-refractivity contribution in [3.05, 3.63) is 0 Å². The van der Waals surface area contributed by atoms with Crippen molar-refractivity contribution in [3.63, 3.8) is 0 Å². The Balaban J connectivity index is 1.82. The maximum Gasteiger partial charge on any atom is 0.0687 e. The standard InChI is InChI=1S/C12H21ClO/c1-10(9-13)8-11-4-7-12(14-11)5-2-3-6-12/h10-11H,2-9H2,1H3. The Bertz CT molecular complexity index is 187. The summed E-state index contributed by atoms with van der Waals surface area (Å²) in [5, 5.41) is 0. The van der Waals surface area contributed by atoms with Gasteiger partial charge in [-0.3, -0.25) is 0 Å². The highest BCUT2D eigenvalue weighted by Crippen LogP contribution is 2.44. The Kier molecular flexibility index (Phi) is 3.38. The van der Waals surface area contributed by atoms with Gasteiger partial charge in [0.2, 0.25) is 0 Å². The van der Waals surface area contributed by atoms with Crippen molar-refractivity contribution in [1.82, 2.24) is 0 Å². The molecule has 0 aromatic rings. The van der Waals surface area contributed by atoms with Gasteiger partial charge in [0, 0.05) is 5.88 Å². The molecular formula is C12H21ClO. The fourth-order valence-corrected chi connectivity index (χ4v) is 3.09. The summed E-state index contributed by atoms with van der Waals surface area (Å²) in [5.41, 5.74) is 0.302. The highest BCUT2D eigenvalue weighted by Gasteiger charge is 2.42. The monoisotopic (exact) mass is 216 g/mol. The van der Waals surface area contributed by atoms with Gasteiger partial charge in [-0.25, -0.2) is 0 Å². The fraction of sp³-hybridized carbons (Fsp3) is 1.00. The van der Waals surface area contributed by atoms with Crippen LogP contribution in [-0.4, -0.2) is 17.6 Å². The Hall–Kier alpha value is 0.250. The molecular weight excluding hydrogens is 196 g/mol. The van der Waals surface area contributed by atoms with Crippen LogP contribution in [0.1, 0.15) is 51.9 Å². The molecule has 1 spiro atoms. The summed E-state index contributed by atoms with van der Waals surface area (Å²) in [5.74, 6) is 1.38. The van der Waals surface area contributed by atoms with E-state index in [4.69, 9.17) is 16.3 Å². The molecule has 1 heterocycles. The predicted octanol–water partition coefficient (Wildman–Crippen LogP) is 3.74. The molecule has 2 atom stereocenters. The average molecular weight is 217 g/mol. The van der Waals surface area contributed by atoms with E-state index >= 15 is 0 Å². The van der Waals surface area contributed by atoms with Gasteiger partial charge < -0.3 is 4.74 Å². The molecule has 2 unspecified atom stereocenters. The Morgan fingerprint density at radius 3 is 2.71 bits per heavy atom. The van der Waals surface area contributed by atoms with E-state index in [0.29, 0.717) is 17.6 Å². The number of ether oxygens (including phenoxy) is 1. The quantitative estimate of drug-likeness (QED) is 0.653. The van der Waals surface area contributed by atoms with Crippen molar-refractivity contribution in [1.29, 1.82) is 0 Å². The fourth-order valence-electron chi connectivity index (χ4n) is 2.96. The number of alkyl halides is 1. The van der Waals surface area contributed by atoms with E-state index in [1.54, 1.807) is 0 Å². The number of hydrogen-bond acceptors (Lipinski definition) is 1. The molecule has 82 valence electrons. The van der Waals surface area contributed by atoms with E-state index in [2.05, 4.69) is 6.92 Å². The van der Waals surface area contributed by atoms with Gasteiger partial charge in [-0.05, 0) is 38.0 Å². The van der Waals surface area contributed by atoms with Crippen LogP contribution in [0.2, 0.25) is 0 Å². The average Bonchev–Trinajstić information content (AvgIpc) is 2.78. The minimum absolute atomic E-state index is 0.302. The first-order chi connectivity index (χ1) is 6.74. The third-order valence-electron chi connectivity index (χ3n) is 3.78. The minimum Gasteiger partial charge on any atom is -0.372 e. The van der Waals surface area contributed by atoms with Crippen LogP contribution in [0.15, 0.2) is 0 Å². The smallest absolute Gasteiger partial charge is 0.0687 e. The van der Waals surface area contributed by atoms with Crippen LogP contribution in [0.25, 0.3) is 0 Å². The molecule has 1 aliphatic heterocycles. The van der Waals surface area contributed by atoms with Gasteiger partial charge in [-0.2, -0.15) is 0 Å². The molecule has 1 aliphatic carbocycles. The summed E-state index contributed by atoms with van der Waals surface area (Å²) in [6, 6.07) is 0. The van der Waals surface area contributed by atoms with E-state index in [1.807, 2.05) is 0 Å². The van der Waals surface area contributed by atoms with Gasteiger partial charge in [0.05, 0.1) is 11.7 Å². The van der Waals surface area contributed by atoms with E-state index in [-0.39, 0.29) is 0 Å². The van der Waals surface area contributed by atoms with Gasteiger partial charge in [-0.15, -0.1) is 11.6 Å². The van der Waals surface area contributed by atoms with Crippen molar-refractivity contribution in [2.75, 3.05) is 5.88 Å².